The Balaban J connectivity index is 1.87. The van der Waals surface area contributed by atoms with Crippen LogP contribution in [0.15, 0.2) is 102 Å². The zero-order chi connectivity index (χ0) is 33.4. The molecule has 0 aliphatic heterocycles. The summed E-state index contributed by atoms with van der Waals surface area (Å²) in [7, 11) is -2.87. The number of rotatable bonds is 13. The average Bonchev–Trinajstić information content (AvgIpc) is 3.03. The number of carbonyl (C=O) groups excluding carboxylic acids is 2. The first kappa shape index (κ1) is 34.8. The van der Waals surface area contributed by atoms with Gasteiger partial charge >= 0.3 is 0 Å². The van der Waals surface area contributed by atoms with E-state index in [0.717, 1.165) is 15.4 Å². The summed E-state index contributed by atoms with van der Waals surface area (Å²) in [5.41, 5.74) is 2.28. The Morgan fingerprint density at radius 1 is 0.848 bits per heavy atom. The zero-order valence-electron chi connectivity index (χ0n) is 26.1. The molecule has 46 heavy (non-hydrogen) atoms. The molecule has 0 saturated heterocycles. The minimum absolute atomic E-state index is 0.00380. The highest BCUT2D eigenvalue weighted by atomic mass is 35.5. The third-order valence-corrected chi connectivity index (χ3v) is 9.82. The van der Waals surface area contributed by atoms with Gasteiger partial charge in [0.25, 0.3) is 10.0 Å². The molecule has 0 radical (unpaired) electrons. The Morgan fingerprint density at radius 2 is 1.46 bits per heavy atom. The molecule has 4 aromatic rings. The van der Waals surface area contributed by atoms with Crippen LogP contribution in [0.1, 0.15) is 30.5 Å². The van der Waals surface area contributed by atoms with Gasteiger partial charge in [-0.05, 0) is 62.7 Å². The Kier molecular flexibility index (Phi) is 11.7. The molecule has 1 unspecified atom stereocenters. The van der Waals surface area contributed by atoms with Crippen LogP contribution >= 0.6 is 23.2 Å². The van der Waals surface area contributed by atoms with E-state index in [4.69, 9.17) is 27.9 Å². The maximum absolute atomic E-state index is 14.6. The molecular formula is C35H37Cl2N3O5S. The predicted octanol–water partition coefficient (Wildman–Crippen LogP) is 6.67. The second kappa shape index (κ2) is 15.5. The molecule has 11 heteroatoms. The molecule has 0 aromatic heterocycles. The van der Waals surface area contributed by atoms with Crippen molar-refractivity contribution in [1.82, 2.24) is 10.2 Å². The highest BCUT2D eigenvalue weighted by Gasteiger charge is 2.36. The van der Waals surface area contributed by atoms with Crippen molar-refractivity contribution in [3.8, 4) is 5.75 Å². The number of carbonyl (C=O) groups is 2. The summed E-state index contributed by atoms with van der Waals surface area (Å²) in [6.45, 7) is 4.71. The van der Waals surface area contributed by atoms with E-state index in [1.54, 1.807) is 54.6 Å². The number of amides is 2. The number of hydrogen-bond acceptors (Lipinski definition) is 5. The van der Waals surface area contributed by atoms with Gasteiger partial charge in [0.15, 0.2) is 0 Å². The van der Waals surface area contributed by atoms with Crippen LogP contribution in [0.25, 0.3) is 0 Å². The Hall–Kier alpha value is -4.05. The van der Waals surface area contributed by atoms with Gasteiger partial charge in [-0.15, -0.1) is 0 Å². The fourth-order valence-corrected chi connectivity index (χ4v) is 6.92. The molecule has 1 atom stereocenters. The van der Waals surface area contributed by atoms with E-state index in [0.29, 0.717) is 15.6 Å². The van der Waals surface area contributed by atoms with Crippen LogP contribution in [0.2, 0.25) is 10.0 Å². The molecule has 8 nitrogen and oxygen atoms in total. The highest BCUT2D eigenvalue weighted by Crippen LogP contribution is 2.33. The van der Waals surface area contributed by atoms with E-state index in [2.05, 4.69) is 5.32 Å². The first-order valence-electron chi connectivity index (χ1n) is 14.7. The molecule has 2 amide bonds. The summed E-state index contributed by atoms with van der Waals surface area (Å²) < 4.78 is 35.0. The van der Waals surface area contributed by atoms with Crippen LogP contribution in [-0.4, -0.2) is 50.9 Å². The quantitative estimate of drug-likeness (QED) is 0.170. The lowest BCUT2D eigenvalue weighted by Crippen LogP contribution is -2.54. The van der Waals surface area contributed by atoms with Crippen molar-refractivity contribution in [3.63, 3.8) is 0 Å². The predicted molar refractivity (Wildman–Crippen MR) is 183 cm³/mol. The molecule has 0 saturated carbocycles. The summed E-state index contributed by atoms with van der Waals surface area (Å²) in [5, 5.41) is 3.54. The van der Waals surface area contributed by atoms with Crippen LogP contribution < -0.4 is 14.4 Å². The van der Waals surface area contributed by atoms with Gasteiger partial charge in [0.2, 0.25) is 11.8 Å². The fourth-order valence-electron chi connectivity index (χ4n) is 4.98. The zero-order valence-corrected chi connectivity index (χ0v) is 28.4. The van der Waals surface area contributed by atoms with Gasteiger partial charge in [0.1, 0.15) is 18.3 Å². The third kappa shape index (κ3) is 8.40. The second-order valence-electron chi connectivity index (χ2n) is 11.1. The number of para-hydroxylation sites is 2. The van der Waals surface area contributed by atoms with Crippen molar-refractivity contribution in [2.24, 2.45) is 0 Å². The maximum atomic E-state index is 14.6. The monoisotopic (exact) mass is 681 g/mol. The Morgan fingerprint density at radius 3 is 2.07 bits per heavy atom. The SMILES string of the molecule is COc1ccccc1N(CC(=O)N(Cc1c(Cl)cccc1Cl)C(Cc1ccccc1)C(=O)NC(C)C)S(=O)(=O)c1ccc(C)cc1. The normalized spacial score (nSPS) is 12.0. The number of benzene rings is 4. The van der Waals surface area contributed by atoms with Crippen LogP contribution in [-0.2, 0) is 32.6 Å². The summed E-state index contributed by atoms with van der Waals surface area (Å²) in [6.07, 6.45) is 0.159. The van der Waals surface area contributed by atoms with Gasteiger partial charge in [-0.25, -0.2) is 8.42 Å². The van der Waals surface area contributed by atoms with Crippen LogP contribution in [0, 0.1) is 6.92 Å². The van der Waals surface area contributed by atoms with Crippen LogP contribution in [0.3, 0.4) is 0 Å². The molecule has 4 aromatic carbocycles. The molecule has 1 N–H and O–H groups in total. The number of ether oxygens (including phenoxy) is 1. The fraction of sp³-hybridized carbons (Fsp3) is 0.257. The van der Waals surface area contributed by atoms with Crippen molar-refractivity contribution in [2.75, 3.05) is 18.0 Å². The minimum Gasteiger partial charge on any atom is -0.495 e. The first-order valence-corrected chi connectivity index (χ1v) is 16.9. The number of aryl methyl sites for hydroxylation is 1. The minimum atomic E-state index is -4.29. The molecule has 0 heterocycles. The van der Waals surface area contributed by atoms with E-state index in [1.807, 2.05) is 51.1 Å². The number of hydrogen-bond donors (Lipinski definition) is 1. The summed E-state index contributed by atoms with van der Waals surface area (Å²) in [5.74, 6) is -0.789. The smallest absolute Gasteiger partial charge is 0.264 e. The van der Waals surface area contributed by atoms with Crippen molar-refractivity contribution in [3.05, 3.63) is 124 Å². The number of nitrogens with zero attached hydrogens (tertiary/aromatic N) is 2. The number of anilines is 1. The second-order valence-corrected chi connectivity index (χ2v) is 13.8. The number of halogens is 2. The maximum Gasteiger partial charge on any atom is 0.264 e. The molecular weight excluding hydrogens is 645 g/mol. The lowest BCUT2D eigenvalue weighted by molar-refractivity contribution is -0.140. The van der Waals surface area contributed by atoms with Gasteiger partial charge in [-0.1, -0.05) is 89.4 Å². The van der Waals surface area contributed by atoms with Gasteiger partial charge in [0.05, 0.1) is 17.7 Å². The molecule has 0 fully saturated rings. The largest absolute Gasteiger partial charge is 0.495 e. The molecule has 4 rings (SSSR count). The highest BCUT2D eigenvalue weighted by molar-refractivity contribution is 7.92. The molecule has 0 aliphatic rings. The van der Waals surface area contributed by atoms with Crippen molar-refractivity contribution < 1.29 is 22.7 Å². The first-order chi connectivity index (χ1) is 21.9. The van der Waals surface area contributed by atoms with E-state index in [1.165, 1.54) is 24.1 Å². The lowest BCUT2D eigenvalue weighted by Gasteiger charge is -2.34. The standard InChI is InChI=1S/C35H37Cl2N3O5S/c1-24(2)38-35(42)32(21-26-11-6-5-7-12-26)39(22-28-29(36)13-10-14-30(28)37)34(41)23-40(31-15-8-9-16-33(31)45-4)46(43,44)27-19-17-25(3)18-20-27/h5-20,24,32H,21-23H2,1-4H3,(H,38,42). The Bertz CT molecular complexity index is 1750. The van der Waals surface area contributed by atoms with Crippen molar-refractivity contribution in [1.29, 1.82) is 0 Å². The average molecular weight is 683 g/mol. The van der Waals surface area contributed by atoms with Crippen molar-refractivity contribution in [2.45, 2.75) is 50.7 Å². The number of methoxy groups -OCH3 is 1. The van der Waals surface area contributed by atoms with Gasteiger partial charge in [0, 0.05) is 34.6 Å². The number of nitrogens with one attached hydrogen (secondary N) is 1. The third-order valence-electron chi connectivity index (χ3n) is 7.33. The Labute approximate surface area is 280 Å². The van der Waals surface area contributed by atoms with E-state index in [9.17, 15) is 18.0 Å². The van der Waals surface area contributed by atoms with Gasteiger partial charge < -0.3 is 15.0 Å². The number of sulfonamides is 1. The molecule has 242 valence electrons. The van der Waals surface area contributed by atoms with Crippen LogP contribution in [0.5, 0.6) is 5.75 Å². The van der Waals surface area contributed by atoms with Crippen molar-refractivity contribution >= 4 is 50.7 Å². The van der Waals surface area contributed by atoms with E-state index in [-0.39, 0.29) is 35.3 Å². The summed E-state index contributed by atoms with van der Waals surface area (Å²) in [6, 6.07) is 25.9. The molecule has 0 spiro atoms. The summed E-state index contributed by atoms with van der Waals surface area (Å²) >= 11 is 13.1. The van der Waals surface area contributed by atoms with Gasteiger partial charge in [-0.2, -0.15) is 0 Å². The van der Waals surface area contributed by atoms with Crippen LogP contribution in [0.4, 0.5) is 5.69 Å². The lowest BCUT2D eigenvalue weighted by atomic mass is 10.0. The van der Waals surface area contributed by atoms with E-state index < -0.39 is 34.4 Å². The molecule has 0 bridgehead atoms. The molecule has 0 aliphatic carbocycles. The summed E-state index contributed by atoms with van der Waals surface area (Å²) in [4.78, 5) is 29.8. The van der Waals surface area contributed by atoms with E-state index >= 15 is 0 Å². The topological polar surface area (TPSA) is 96.0 Å². The van der Waals surface area contributed by atoms with Gasteiger partial charge in [-0.3, -0.25) is 13.9 Å².